The molecule has 0 amide bonds. The monoisotopic (exact) mass is 347 g/mol. The van der Waals surface area contributed by atoms with Crippen molar-refractivity contribution in [1.82, 2.24) is 5.32 Å². The first kappa shape index (κ1) is 18.0. The SMILES string of the molecule is COc1ccc(CNCc2ccc(-c3ccccc3F)o2)cc1.Cl. The number of methoxy groups -OCH3 is 1. The number of nitrogens with one attached hydrogen (secondary N) is 1. The Bertz CT molecular complexity index is 771. The number of rotatable bonds is 6. The predicted molar refractivity (Wildman–Crippen MR) is 94.9 cm³/mol. The third-order valence-corrected chi connectivity index (χ3v) is 3.59. The molecule has 2 aromatic carbocycles. The van der Waals surface area contributed by atoms with E-state index in [1.54, 1.807) is 31.4 Å². The van der Waals surface area contributed by atoms with Crippen molar-refractivity contribution in [2.24, 2.45) is 0 Å². The molecule has 1 aromatic heterocycles. The number of ether oxygens (including phenoxy) is 1. The fourth-order valence-corrected chi connectivity index (χ4v) is 2.35. The lowest BCUT2D eigenvalue weighted by Gasteiger charge is -2.05. The summed E-state index contributed by atoms with van der Waals surface area (Å²) in [5, 5.41) is 3.31. The molecular weight excluding hydrogens is 329 g/mol. The molecular formula is C19H19ClFNO2. The normalized spacial score (nSPS) is 10.2. The number of hydrogen-bond donors (Lipinski definition) is 1. The van der Waals surface area contributed by atoms with Crippen molar-refractivity contribution in [2.45, 2.75) is 13.1 Å². The van der Waals surface area contributed by atoms with Gasteiger partial charge in [-0.2, -0.15) is 0 Å². The first-order valence-electron chi connectivity index (χ1n) is 7.43. The lowest BCUT2D eigenvalue weighted by Crippen LogP contribution is -2.11. The summed E-state index contributed by atoms with van der Waals surface area (Å²) >= 11 is 0. The Hall–Kier alpha value is -2.30. The van der Waals surface area contributed by atoms with Gasteiger partial charge < -0.3 is 14.5 Å². The van der Waals surface area contributed by atoms with Gasteiger partial charge in [0, 0.05) is 6.54 Å². The average Bonchev–Trinajstić information content (AvgIpc) is 3.04. The lowest BCUT2D eigenvalue weighted by molar-refractivity contribution is 0.414. The molecule has 0 atom stereocenters. The van der Waals surface area contributed by atoms with E-state index in [-0.39, 0.29) is 18.2 Å². The fourth-order valence-electron chi connectivity index (χ4n) is 2.35. The van der Waals surface area contributed by atoms with Crippen LogP contribution in [0, 0.1) is 5.82 Å². The number of benzene rings is 2. The Balaban J connectivity index is 0.00000208. The predicted octanol–water partition coefficient (Wildman–Crippen LogP) is 4.81. The minimum absolute atomic E-state index is 0. The summed E-state index contributed by atoms with van der Waals surface area (Å²) in [4.78, 5) is 0. The summed E-state index contributed by atoms with van der Waals surface area (Å²) < 4.78 is 24.6. The molecule has 3 aromatic rings. The summed E-state index contributed by atoms with van der Waals surface area (Å²) in [6.45, 7) is 1.31. The zero-order valence-corrected chi connectivity index (χ0v) is 14.1. The van der Waals surface area contributed by atoms with E-state index in [4.69, 9.17) is 9.15 Å². The topological polar surface area (TPSA) is 34.4 Å². The highest BCUT2D eigenvalue weighted by Crippen LogP contribution is 2.24. The van der Waals surface area contributed by atoms with Crippen LogP contribution < -0.4 is 10.1 Å². The highest BCUT2D eigenvalue weighted by atomic mass is 35.5. The van der Waals surface area contributed by atoms with Gasteiger partial charge in [-0.15, -0.1) is 12.4 Å². The summed E-state index contributed by atoms with van der Waals surface area (Å²) in [5.74, 6) is 1.88. The Labute approximate surface area is 146 Å². The van der Waals surface area contributed by atoms with E-state index in [0.29, 0.717) is 17.9 Å². The van der Waals surface area contributed by atoms with Crippen molar-refractivity contribution in [1.29, 1.82) is 0 Å². The number of furan rings is 1. The first-order chi connectivity index (χ1) is 11.3. The highest BCUT2D eigenvalue weighted by molar-refractivity contribution is 5.85. The molecule has 0 aliphatic heterocycles. The van der Waals surface area contributed by atoms with Gasteiger partial charge in [0.2, 0.25) is 0 Å². The maximum atomic E-state index is 13.7. The molecule has 0 aliphatic carbocycles. The fraction of sp³-hybridized carbons (Fsp3) is 0.158. The van der Waals surface area contributed by atoms with Gasteiger partial charge in [0.1, 0.15) is 23.1 Å². The van der Waals surface area contributed by atoms with Crippen molar-refractivity contribution >= 4 is 12.4 Å². The Morgan fingerprint density at radius 2 is 1.71 bits per heavy atom. The van der Waals surface area contributed by atoms with Gasteiger partial charge in [0.05, 0.1) is 19.2 Å². The second kappa shape index (κ2) is 8.52. The van der Waals surface area contributed by atoms with Crippen LogP contribution in [0.3, 0.4) is 0 Å². The maximum absolute atomic E-state index is 13.7. The largest absolute Gasteiger partial charge is 0.497 e. The maximum Gasteiger partial charge on any atom is 0.137 e. The quantitative estimate of drug-likeness (QED) is 0.695. The van der Waals surface area contributed by atoms with Crippen LogP contribution in [0.2, 0.25) is 0 Å². The minimum Gasteiger partial charge on any atom is -0.497 e. The molecule has 0 spiro atoms. The molecule has 0 aliphatic rings. The van der Waals surface area contributed by atoms with Crippen LogP contribution in [0.1, 0.15) is 11.3 Å². The molecule has 0 radical (unpaired) electrons. The zero-order chi connectivity index (χ0) is 16.1. The molecule has 126 valence electrons. The lowest BCUT2D eigenvalue weighted by atomic mass is 10.1. The molecule has 0 saturated carbocycles. The third-order valence-electron chi connectivity index (χ3n) is 3.59. The van der Waals surface area contributed by atoms with Crippen LogP contribution in [-0.4, -0.2) is 7.11 Å². The van der Waals surface area contributed by atoms with Gasteiger partial charge in [0.15, 0.2) is 0 Å². The second-order valence-electron chi connectivity index (χ2n) is 5.20. The van der Waals surface area contributed by atoms with Gasteiger partial charge in [0.25, 0.3) is 0 Å². The summed E-state index contributed by atoms with van der Waals surface area (Å²) in [7, 11) is 1.65. The third kappa shape index (κ3) is 4.37. The first-order valence-corrected chi connectivity index (χ1v) is 7.43. The Kier molecular flexibility index (Phi) is 6.41. The van der Waals surface area contributed by atoms with Crippen molar-refractivity contribution < 1.29 is 13.5 Å². The van der Waals surface area contributed by atoms with E-state index < -0.39 is 0 Å². The smallest absolute Gasteiger partial charge is 0.137 e. The van der Waals surface area contributed by atoms with Crippen LogP contribution >= 0.6 is 12.4 Å². The molecule has 0 unspecified atom stereocenters. The van der Waals surface area contributed by atoms with E-state index in [1.807, 2.05) is 30.3 Å². The molecule has 0 saturated heterocycles. The van der Waals surface area contributed by atoms with E-state index in [0.717, 1.165) is 23.6 Å². The Morgan fingerprint density at radius 1 is 0.958 bits per heavy atom. The minimum atomic E-state index is -0.278. The number of hydrogen-bond acceptors (Lipinski definition) is 3. The van der Waals surface area contributed by atoms with Crippen LogP contribution in [0.15, 0.2) is 65.1 Å². The Morgan fingerprint density at radius 3 is 2.42 bits per heavy atom. The van der Waals surface area contributed by atoms with Gasteiger partial charge >= 0.3 is 0 Å². The van der Waals surface area contributed by atoms with Crippen LogP contribution in [-0.2, 0) is 13.1 Å². The van der Waals surface area contributed by atoms with E-state index >= 15 is 0 Å². The van der Waals surface area contributed by atoms with Gasteiger partial charge in [-0.1, -0.05) is 24.3 Å². The average molecular weight is 348 g/mol. The summed E-state index contributed by atoms with van der Waals surface area (Å²) in [6.07, 6.45) is 0. The van der Waals surface area contributed by atoms with Crippen molar-refractivity contribution in [3.05, 3.63) is 77.8 Å². The van der Waals surface area contributed by atoms with E-state index in [1.165, 1.54) is 6.07 Å². The molecule has 1 heterocycles. The van der Waals surface area contributed by atoms with Crippen LogP contribution in [0.5, 0.6) is 5.75 Å². The number of halogens is 2. The molecule has 0 bridgehead atoms. The van der Waals surface area contributed by atoms with E-state index in [2.05, 4.69) is 5.32 Å². The molecule has 3 nitrogen and oxygen atoms in total. The molecule has 5 heteroatoms. The second-order valence-corrected chi connectivity index (χ2v) is 5.20. The van der Waals surface area contributed by atoms with Crippen molar-refractivity contribution in [3.8, 4) is 17.1 Å². The standard InChI is InChI=1S/C19H18FNO2.ClH/c1-22-15-8-6-14(7-9-15)12-21-13-16-10-11-19(23-16)17-4-2-3-5-18(17)20;/h2-11,21H,12-13H2,1H3;1H. The van der Waals surface area contributed by atoms with Crippen molar-refractivity contribution in [2.75, 3.05) is 7.11 Å². The van der Waals surface area contributed by atoms with Crippen LogP contribution in [0.4, 0.5) is 4.39 Å². The van der Waals surface area contributed by atoms with E-state index in [9.17, 15) is 4.39 Å². The van der Waals surface area contributed by atoms with Crippen molar-refractivity contribution in [3.63, 3.8) is 0 Å². The van der Waals surface area contributed by atoms with Gasteiger partial charge in [-0.3, -0.25) is 0 Å². The van der Waals surface area contributed by atoms with Gasteiger partial charge in [-0.25, -0.2) is 4.39 Å². The van der Waals surface area contributed by atoms with Gasteiger partial charge in [-0.05, 0) is 42.0 Å². The summed E-state index contributed by atoms with van der Waals surface area (Å²) in [5.41, 5.74) is 1.64. The summed E-state index contributed by atoms with van der Waals surface area (Å²) in [6, 6.07) is 18.1. The molecule has 24 heavy (non-hydrogen) atoms. The molecule has 3 rings (SSSR count). The molecule has 0 fully saturated rings. The highest BCUT2D eigenvalue weighted by Gasteiger charge is 2.08. The molecule has 1 N–H and O–H groups in total. The van der Waals surface area contributed by atoms with Crippen LogP contribution in [0.25, 0.3) is 11.3 Å². The zero-order valence-electron chi connectivity index (χ0n) is 13.3.